The van der Waals surface area contributed by atoms with Gasteiger partial charge in [-0.2, -0.15) is 0 Å². The van der Waals surface area contributed by atoms with E-state index >= 15 is 0 Å². The van der Waals surface area contributed by atoms with Crippen LogP contribution in [0.15, 0.2) is 47.4 Å². The van der Waals surface area contributed by atoms with Gasteiger partial charge in [0.15, 0.2) is 5.78 Å². The molecule has 0 unspecified atom stereocenters. The normalized spacial score (nSPS) is 15.7. The average Bonchev–Trinajstić information content (AvgIpc) is 2.83. The number of hydrogen-bond acceptors (Lipinski definition) is 8. The van der Waals surface area contributed by atoms with Gasteiger partial charge < -0.3 is 14.4 Å². The Balaban J connectivity index is 1.74. The number of hydrogen-bond donors (Lipinski definition) is 1. The average molecular weight is 492 g/mol. The lowest BCUT2D eigenvalue weighted by atomic mass is 9.88. The lowest BCUT2D eigenvalue weighted by Crippen LogP contribution is -2.37. The van der Waals surface area contributed by atoms with E-state index in [0.29, 0.717) is 42.9 Å². The number of nitro groups is 1. The first-order chi connectivity index (χ1) is 16.2. The molecule has 0 radical (unpaired) electrons. The molecule has 1 aliphatic heterocycles. The Hall–Kier alpha value is -3.02. The minimum absolute atomic E-state index is 0.0366. The third-order valence-corrected chi connectivity index (χ3v) is 7.40. The Labute approximate surface area is 199 Å². The van der Waals surface area contributed by atoms with Crippen LogP contribution >= 0.6 is 0 Å². The van der Waals surface area contributed by atoms with Crippen molar-refractivity contribution in [2.24, 2.45) is 5.92 Å². The maximum Gasteiger partial charge on any atom is 0.293 e. The van der Waals surface area contributed by atoms with Crippen LogP contribution in [0.1, 0.15) is 30.1 Å². The summed E-state index contributed by atoms with van der Waals surface area (Å²) in [6.45, 7) is 2.70. The minimum atomic E-state index is -3.95. The summed E-state index contributed by atoms with van der Waals surface area (Å²) in [6.07, 6.45) is 1.08. The zero-order valence-corrected chi connectivity index (χ0v) is 20.2. The predicted molar refractivity (Wildman–Crippen MR) is 127 cm³/mol. The second kappa shape index (κ2) is 10.9. The maximum atomic E-state index is 12.9. The van der Waals surface area contributed by atoms with E-state index in [2.05, 4.69) is 4.72 Å². The number of sulfonamides is 1. The quantitative estimate of drug-likeness (QED) is 0.305. The molecular formula is C23H29N3O7S. The molecule has 1 heterocycles. The first kappa shape index (κ1) is 25.6. The lowest BCUT2D eigenvalue weighted by Gasteiger charge is -2.32. The van der Waals surface area contributed by atoms with Crippen molar-refractivity contribution in [1.82, 2.24) is 4.72 Å². The molecule has 1 atom stereocenters. The zero-order valence-electron chi connectivity index (χ0n) is 19.4. The lowest BCUT2D eigenvalue weighted by molar-refractivity contribution is -0.384. The molecule has 1 saturated heterocycles. The number of nitrogens with zero attached hydrogens (tertiary/aromatic N) is 2. The third-order valence-electron chi connectivity index (χ3n) is 5.81. The van der Waals surface area contributed by atoms with Crippen molar-refractivity contribution < 1.29 is 27.6 Å². The highest BCUT2D eigenvalue weighted by Crippen LogP contribution is 2.34. The van der Waals surface area contributed by atoms with Crippen LogP contribution in [-0.2, 0) is 14.8 Å². The molecule has 0 bridgehead atoms. The maximum absolute atomic E-state index is 12.9. The number of ether oxygens (including phenoxy) is 2. The van der Waals surface area contributed by atoms with Crippen molar-refractivity contribution in [2.75, 3.05) is 38.8 Å². The van der Waals surface area contributed by atoms with Crippen LogP contribution in [0.3, 0.4) is 0 Å². The highest BCUT2D eigenvalue weighted by molar-refractivity contribution is 7.89. The van der Waals surface area contributed by atoms with E-state index in [9.17, 15) is 23.3 Å². The molecule has 3 rings (SSSR count). The van der Waals surface area contributed by atoms with E-state index in [1.807, 2.05) is 4.90 Å². The zero-order chi connectivity index (χ0) is 24.9. The highest BCUT2D eigenvalue weighted by atomic mass is 32.2. The molecule has 0 aromatic heterocycles. The molecule has 2 aromatic carbocycles. The topological polar surface area (TPSA) is 128 Å². The van der Waals surface area contributed by atoms with Gasteiger partial charge in [-0.3, -0.25) is 14.9 Å². The fourth-order valence-electron chi connectivity index (χ4n) is 4.07. The number of nitro benzene ring substituents is 1. The van der Waals surface area contributed by atoms with Gasteiger partial charge in [0.05, 0.1) is 23.5 Å². The van der Waals surface area contributed by atoms with Crippen LogP contribution in [0.2, 0.25) is 0 Å². The van der Waals surface area contributed by atoms with Crippen LogP contribution in [0.4, 0.5) is 11.4 Å². The summed E-state index contributed by atoms with van der Waals surface area (Å²) in [5, 5.41) is 11.8. The largest absolute Gasteiger partial charge is 0.497 e. The van der Waals surface area contributed by atoms with Gasteiger partial charge in [-0.1, -0.05) is 0 Å². The number of methoxy groups -OCH3 is 2. The number of nitrogens with one attached hydrogen (secondary N) is 1. The molecule has 34 heavy (non-hydrogen) atoms. The standard InChI is InChI=1S/C23H29N3O7S/c1-16(15-32-2)24-34(30,31)20-8-9-21(22(14-20)26(28)29)25-12-10-18(11-13-25)23(27)17-4-6-19(33-3)7-5-17/h4-9,14,16,18,24H,10-13,15H2,1-3H3/t16-/m1/s1. The van der Waals surface area contributed by atoms with Gasteiger partial charge in [0.2, 0.25) is 10.0 Å². The SMILES string of the molecule is COC[C@@H](C)NS(=O)(=O)c1ccc(N2CCC(C(=O)c3ccc(OC)cc3)CC2)c([N+](=O)[O-])c1. The predicted octanol–water partition coefficient (Wildman–Crippen LogP) is 3.02. The van der Waals surface area contributed by atoms with Gasteiger partial charge >= 0.3 is 0 Å². The molecule has 1 fully saturated rings. The second-order valence-electron chi connectivity index (χ2n) is 8.24. The van der Waals surface area contributed by atoms with E-state index < -0.39 is 21.0 Å². The van der Waals surface area contributed by atoms with Crippen LogP contribution in [0, 0.1) is 16.0 Å². The van der Waals surface area contributed by atoms with Crippen molar-refractivity contribution in [3.05, 3.63) is 58.1 Å². The van der Waals surface area contributed by atoms with Crippen LogP contribution in [-0.4, -0.2) is 59.1 Å². The second-order valence-corrected chi connectivity index (χ2v) is 9.95. The van der Waals surface area contributed by atoms with Crippen molar-refractivity contribution in [2.45, 2.75) is 30.7 Å². The Kier molecular flexibility index (Phi) is 8.24. The first-order valence-electron chi connectivity index (χ1n) is 10.9. The summed E-state index contributed by atoms with van der Waals surface area (Å²) in [7, 11) is -0.929. The number of anilines is 1. The summed E-state index contributed by atoms with van der Waals surface area (Å²) in [6, 6.07) is 10.4. The summed E-state index contributed by atoms with van der Waals surface area (Å²) >= 11 is 0. The fourth-order valence-corrected chi connectivity index (χ4v) is 5.32. The Bertz CT molecular complexity index is 1130. The third kappa shape index (κ3) is 5.91. The number of rotatable bonds is 10. The number of piperidine rings is 1. The molecule has 0 amide bonds. The minimum Gasteiger partial charge on any atom is -0.497 e. The van der Waals surface area contributed by atoms with Crippen LogP contribution in [0.5, 0.6) is 5.75 Å². The molecule has 0 aliphatic carbocycles. The molecule has 0 saturated carbocycles. The molecule has 1 N–H and O–H groups in total. The number of ketones is 1. The molecule has 1 aliphatic rings. The number of Topliss-reactive ketones (excluding diaryl/α,β-unsaturated/α-hetero) is 1. The van der Waals surface area contributed by atoms with Crippen molar-refractivity contribution in [3.8, 4) is 5.75 Å². The summed E-state index contributed by atoms with van der Waals surface area (Å²) < 4.78 is 37.8. The van der Waals surface area contributed by atoms with Crippen LogP contribution in [0.25, 0.3) is 0 Å². The smallest absolute Gasteiger partial charge is 0.293 e. The van der Waals surface area contributed by atoms with Gasteiger partial charge in [-0.15, -0.1) is 0 Å². The van der Waals surface area contributed by atoms with E-state index in [0.717, 1.165) is 6.07 Å². The van der Waals surface area contributed by atoms with E-state index in [-0.39, 0.29) is 28.9 Å². The molecule has 184 valence electrons. The molecule has 10 nitrogen and oxygen atoms in total. The number of carbonyl (C=O) groups is 1. The van der Waals surface area contributed by atoms with Gasteiger partial charge in [-0.25, -0.2) is 13.1 Å². The fraction of sp³-hybridized carbons (Fsp3) is 0.435. The van der Waals surface area contributed by atoms with Crippen molar-refractivity contribution >= 4 is 27.2 Å². The number of benzene rings is 2. The van der Waals surface area contributed by atoms with Gasteiger partial charge in [0, 0.05) is 43.8 Å². The van der Waals surface area contributed by atoms with E-state index in [4.69, 9.17) is 9.47 Å². The summed E-state index contributed by atoms with van der Waals surface area (Å²) in [5.41, 5.74) is 0.654. The monoisotopic (exact) mass is 491 g/mol. The Morgan fingerprint density at radius 3 is 2.38 bits per heavy atom. The van der Waals surface area contributed by atoms with Crippen molar-refractivity contribution in [1.29, 1.82) is 0 Å². The highest BCUT2D eigenvalue weighted by Gasteiger charge is 2.30. The summed E-state index contributed by atoms with van der Waals surface area (Å²) in [4.78, 5) is 25.7. The van der Waals surface area contributed by atoms with Crippen molar-refractivity contribution in [3.63, 3.8) is 0 Å². The molecule has 0 spiro atoms. The Morgan fingerprint density at radius 2 is 1.82 bits per heavy atom. The van der Waals surface area contributed by atoms with Crippen LogP contribution < -0.4 is 14.4 Å². The molecule has 11 heteroatoms. The van der Waals surface area contributed by atoms with E-state index in [1.165, 1.54) is 19.2 Å². The van der Waals surface area contributed by atoms with Gasteiger partial charge in [-0.05, 0) is 56.2 Å². The molecule has 2 aromatic rings. The number of carbonyl (C=O) groups excluding carboxylic acids is 1. The van der Waals surface area contributed by atoms with Gasteiger partial charge in [0.25, 0.3) is 5.69 Å². The molecular weight excluding hydrogens is 462 g/mol. The summed E-state index contributed by atoms with van der Waals surface area (Å²) in [5.74, 6) is 0.525. The Morgan fingerprint density at radius 1 is 1.18 bits per heavy atom. The first-order valence-corrected chi connectivity index (χ1v) is 12.4. The van der Waals surface area contributed by atoms with Gasteiger partial charge in [0.1, 0.15) is 11.4 Å². The van der Waals surface area contributed by atoms with E-state index in [1.54, 1.807) is 38.3 Å².